The lowest BCUT2D eigenvalue weighted by molar-refractivity contribution is -0.133. The van der Waals surface area contributed by atoms with Crippen LogP contribution in [0.5, 0.6) is 5.75 Å². The number of hydrogen-bond acceptors (Lipinski definition) is 3. The van der Waals surface area contributed by atoms with Crippen molar-refractivity contribution in [3.8, 4) is 11.4 Å². The maximum absolute atomic E-state index is 12.1. The minimum Gasteiger partial charge on any atom is -0.425 e. The maximum Gasteiger partial charge on any atom is 0.330 e. The van der Waals surface area contributed by atoms with Gasteiger partial charge in [-0.2, -0.15) is 0 Å². The van der Waals surface area contributed by atoms with Gasteiger partial charge in [-0.05, 0) is 61.0 Å². The first kappa shape index (κ1) is 16.5. The van der Waals surface area contributed by atoms with Crippen LogP contribution < -0.4 is 10.1 Å². The first-order chi connectivity index (χ1) is 12.1. The van der Waals surface area contributed by atoms with E-state index in [9.17, 15) is 9.59 Å². The summed E-state index contributed by atoms with van der Waals surface area (Å²) in [7, 11) is 0. The van der Waals surface area contributed by atoms with E-state index in [-0.39, 0.29) is 12.5 Å². The van der Waals surface area contributed by atoms with Crippen molar-refractivity contribution in [3.05, 3.63) is 84.2 Å². The van der Waals surface area contributed by atoms with Gasteiger partial charge >= 0.3 is 5.97 Å². The number of aromatic nitrogens is 1. The number of hydrogen-bond donors (Lipinski definition) is 1. The molecule has 0 bridgehead atoms. The molecule has 0 saturated carbocycles. The van der Waals surface area contributed by atoms with Crippen molar-refractivity contribution in [2.75, 3.05) is 6.54 Å². The smallest absolute Gasteiger partial charge is 0.330 e. The summed E-state index contributed by atoms with van der Waals surface area (Å²) in [5, 5.41) is 2.57. The van der Waals surface area contributed by atoms with Crippen LogP contribution in [0.3, 0.4) is 0 Å². The Morgan fingerprint density at radius 1 is 1.00 bits per heavy atom. The fraction of sp³-hybridized carbons (Fsp3) is 0.100. The van der Waals surface area contributed by atoms with Crippen LogP contribution in [0.2, 0.25) is 0 Å². The highest BCUT2D eigenvalue weighted by molar-refractivity contribution is 5.96. The van der Waals surface area contributed by atoms with E-state index in [0.717, 1.165) is 11.3 Å². The molecule has 0 aliphatic heterocycles. The van der Waals surface area contributed by atoms with Crippen LogP contribution in [0.25, 0.3) is 5.69 Å². The Morgan fingerprint density at radius 2 is 1.72 bits per heavy atom. The van der Waals surface area contributed by atoms with Gasteiger partial charge in [0.25, 0.3) is 5.91 Å². The fourth-order valence-electron chi connectivity index (χ4n) is 2.39. The molecule has 126 valence electrons. The summed E-state index contributed by atoms with van der Waals surface area (Å²) in [6.07, 6.45) is 3.85. The molecule has 0 unspecified atom stereocenters. The van der Waals surface area contributed by atoms with Crippen molar-refractivity contribution >= 4 is 11.9 Å². The SMILES string of the molecule is Cc1cccc(OC(=O)CNC(=O)c2ccc(-n3cccc3)cc2)c1. The summed E-state index contributed by atoms with van der Waals surface area (Å²) >= 11 is 0. The molecule has 0 atom stereocenters. The van der Waals surface area contributed by atoms with Gasteiger partial charge in [0, 0.05) is 23.6 Å². The molecular formula is C20H18N2O3. The minimum atomic E-state index is -0.511. The largest absolute Gasteiger partial charge is 0.425 e. The first-order valence-electron chi connectivity index (χ1n) is 7.91. The Bertz CT molecular complexity index is 868. The molecule has 5 heteroatoms. The second-order valence-corrected chi connectivity index (χ2v) is 5.61. The highest BCUT2D eigenvalue weighted by Gasteiger charge is 2.10. The maximum atomic E-state index is 12.1. The quantitative estimate of drug-likeness (QED) is 0.576. The van der Waals surface area contributed by atoms with E-state index < -0.39 is 5.97 Å². The van der Waals surface area contributed by atoms with Crippen molar-refractivity contribution in [1.82, 2.24) is 9.88 Å². The van der Waals surface area contributed by atoms with Crippen molar-refractivity contribution in [1.29, 1.82) is 0 Å². The molecule has 5 nitrogen and oxygen atoms in total. The van der Waals surface area contributed by atoms with Gasteiger partial charge in [-0.15, -0.1) is 0 Å². The lowest BCUT2D eigenvalue weighted by Gasteiger charge is -2.08. The van der Waals surface area contributed by atoms with Gasteiger partial charge in [-0.25, -0.2) is 4.79 Å². The van der Waals surface area contributed by atoms with Gasteiger partial charge in [0.1, 0.15) is 12.3 Å². The molecule has 1 amide bonds. The van der Waals surface area contributed by atoms with Gasteiger partial charge in [0.2, 0.25) is 0 Å². The predicted molar refractivity (Wildman–Crippen MR) is 94.9 cm³/mol. The zero-order valence-electron chi connectivity index (χ0n) is 13.8. The molecule has 2 aromatic carbocycles. The minimum absolute atomic E-state index is 0.188. The molecule has 3 rings (SSSR count). The highest BCUT2D eigenvalue weighted by atomic mass is 16.5. The van der Waals surface area contributed by atoms with Crippen LogP contribution in [-0.2, 0) is 4.79 Å². The number of benzene rings is 2. The van der Waals surface area contributed by atoms with Crippen molar-refractivity contribution in [2.45, 2.75) is 6.92 Å². The highest BCUT2D eigenvalue weighted by Crippen LogP contribution is 2.12. The Kier molecular flexibility index (Phi) is 4.95. The van der Waals surface area contributed by atoms with Crippen LogP contribution in [-0.4, -0.2) is 23.0 Å². The number of esters is 1. The van der Waals surface area contributed by atoms with Crippen LogP contribution in [0.4, 0.5) is 0 Å². The number of ether oxygens (including phenoxy) is 1. The molecular weight excluding hydrogens is 316 g/mol. The van der Waals surface area contributed by atoms with E-state index in [1.165, 1.54) is 0 Å². The molecule has 1 heterocycles. The third-order valence-corrected chi connectivity index (χ3v) is 3.65. The first-order valence-corrected chi connectivity index (χ1v) is 7.91. The van der Waals surface area contributed by atoms with E-state index in [0.29, 0.717) is 11.3 Å². The van der Waals surface area contributed by atoms with E-state index in [4.69, 9.17) is 4.74 Å². The van der Waals surface area contributed by atoms with E-state index in [1.807, 2.05) is 60.3 Å². The molecule has 1 aromatic heterocycles. The topological polar surface area (TPSA) is 60.3 Å². The Hall–Kier alpha value is -3.34. The van der Waals surface area contributed by atoms with Gasteiger partial charge < -0.3 is 14.6 Å². The molecule has 0 saturated heterocycles. The average Bonchev–Trinajstić information content (AvgIpc) is 3.14. The molecule has 0 radical (unpaired) electrons. The fourth-order valence-corrected chi connectivity index (χ4v) is 2.39. The third kappa shape index (κ3) is 4.35. The number of carbonyl (C=O) groups excluding carboxylic acids is 2. The third-order valence-electron chi connectivity index (χ3n) is 3.65. The van der Waals surface area contributed by atoms with Crippen molar-refractivity contribution in [3.63, 3.8) is 0 Å². The van der Waals surface area contributed by atoms with Gasteiger partial charge in [0.05, 0.1) is 0 Å². The molecule has 0 spiro atoms. The number of carbonyl (C=O) groups is 2. The number of aryl methyl sites for hydroxylation is 1. The Morgan fingerprint density at radius 3 is 2.40 bits per heavy atom. The Labute approximate surface area is 145 Å². The van der Waals surface area contributed by atoms with Gasteiger partial charge in [0.15, 0.2) is 0 Å². The van der Waals surface area contributed by atoms with Crippen LogP contribution in [0.1, 0.15) is 15.9 Å². The predicted octanol–water partition coefficient (Wildman–Crippen LogP) is 3.12. The summed E-state index contributed by atoms with van der Waals surface area (Å²) in [6, 6.07) is 18.2. The summed E-state index contributed by atoms with van der Waals surface area (Å²) in [5.74, 6) is -0.363. The summed E-state index contributed by atoms with van der Waals surface area (Å²) in [6.45, 7) is 1.72. The van der Waals surface area contributed by atoms with Crippen LogP contribution in [0.15, 0.2) is 73.1 Å². The van der Waals surface area contributed by atoms with E-state index in [2.05, 4.69) is 5.32 Å². The molecule has 0 fully saturated rings. The number of amides is 1. The second kappa shape index (κ2) is 7.49. The Balaban J connectivity index is 1.54. The number of nitrogens with zero attached hydrogens (tertiary/aromatic N) is 1. The number of rotatable bonds is 5. The lowest BCUT2D eigenvalue weighted by atomic mass is 10.2. The van der Waals surface area contributed by atoms with Gasteiger partial charge in [-0.3, -0.25) is 4.79 Å². The number of nitrogens with one attached hydrogen (secondary N) is 1. The standard InChI is InChI=1S/C20H18N2O3/c1-15-5-4-6-18(13-15)25-19(23)14-21-20(24)16-7-9-17(10-8-16)22-11-2-3-12-22/h2-13H,14H2,1H3,(H,21,24). The van der Waals surface area contributed by atoms with E-state index >= 15 is 0 Å². The monoisotopic (exact) mass is 334 g/mol. The second-order valence-electron chi connectivity index (χ2n) is 5.61. The average molecular weight is 334 g/mol. The molecule has 3 aromatic rings. The summed E-state index contributed by atoms with van der Waals surface area (Å²) in [4.78, 5) is 24.0. The summed E-state index contributed by atoms with van der Waals surface area (Å²) < 4.78 is 7.14. The summed E-state index contributed by atoms with van der Waals surface area (Å²) in [5.41, 5.74) is 2.44. The molecule has 0 aliphatic carbocycles. The van der Waals surface area contributed by atoms with Crippen molar-refractivity contribution in [2.24, 2.45) is 0 Å². The normalized spacial score (nSPS) is 10.3. The van der Waals surface area contributed by atoms with E-state index in [1.54, 1.807) is 24.3 Å². The van der Waals surface area contributed by atoms with Gasteiger partial charge in [-0.1, -0.05) is 12.1 Å². The van der Waals surface area contributed by atoms with Crippen molar-refractivity contribution < 1.29 is 14.3 Å². The molecule has 0 aliphatic rings. The zero-order valence-corrected chi connectivity index (χ0v) is 13.8. The zero-order chi connectivity index (χ0) is 17.6. The van der Waals surface area contributed by atoms with Crippen LogP contribution in [0, 0.1) is 6.92 Å². The van der Waals surface area contributed by atoms with Crippen LogP contribution >= 0.6 is 0 Å². The lowest BCUT2D eigenvalue weighted by Crippen LogP contribution is -2.31. The molecule has 1 N–H and O–H groups in total. The molecule has 25 heavy (non-hydrogen) atoms.